The van der Waals surface area contributed by atoms with Crippen LogP contribution in [0.4, 0.5) is 0 Å². The van der Waals surface area contributed by atoms with E-state index in [9.17, 15) is 4.57 Å². The highest BCUT2D eigenvalue weighted by Crippen LogP contribution is 2.50. The van der Waals surface area contributed by atoms with Gasteiger partial charge in [0.1, 0.15) is 11.5 Å². The van der Waals surface area contributed by atoms with Crippen molar-refractivity contribution in [3.05, 3.63) is 60.7 Å². The molecule has 0 aliphatic rings. The molecule has 1 unspecified atom stereocenters. The molecule has 0 amide bonds. The molecule has 0 aliphatic carbocycles. The highest BCUT2D eigenvalue weighted by Gasteiger charge is 2.31. The van der Waals surface area contributed by atoms with Gasteiger partial charge in [-0.2, -0.15) is 0 Å². The minimum absolute atomic E-state index is 0.340. The summed E-state index contributed by atoms with van der Waals surface area (Å²) in [6.07, 6.45) is 4.28. The van der Waals surface area contributed by atoms with Gasteiger partial charge in [-0.1, -0.05) is 69.5 Å². The highest BCUT2D eigenvalue weighted by atomic mass is 31.2. The van der Waals surface area contributed by atoms with Crippen LogP contribution in [-0.2, 0) is 13.7 Å². The first-order chi connectivity index (χ1) is 14.1. The lowest BCUT2D eigenvalue weighted by Gasteiger charge is -2.21. The van der Waals surface area contributed by atoms with E-state index >= 15 is 0 Å². The van der Waals surface area contributed by atoms with Crippen molar-refractivity contribution in [1.29, 1.82) is 0 Å². The van der Waals surface area contributed by atoms with Crippen LogP contribution in [0, 0.1) is 5.92 Å². The van der Waals surface area contributed by atoms with Crippen molar-refractivity contribution in [3.63, 3.8) is 0 Å². The summed E-state index contributed by atoms with van der Waals surface area (Å²) in [5, 5.41) is 0. The van der Waals surface area contributed by atoms with Crippen molar-refractivity contribution >= 4 is 15.6 Å². The summed E-state index contributed by atoms with van der Waals surface area (Å²) in [5.74, 6) is 1.26. The molecule has 168 valence electrons. The molecular weight excluding hydrogens is 430 g/mol. The molecule has 30 heavy (non-hydrogen) atoms. The van der Waals surface area contributed by atoms with Gasteiger partial charge in [-0.05, 0) is 36.6 Å². The number of hydrogen-bond acceptors (Lipinski definition) is 5. The summed E-state index contributed by atoms with van der Waals surface area (Å²) < 4.78 is 39.0. The molecule has 10 heteroatoms. The lowest BCUT2D eigenvalue weighted by atomic mass is 10.0. The van der Waals surface area contributed by atoms with E-state index in [1.54, 1.807) is 24.3 Å². The topological polar surface area (TPSA) is 123 Å². The van der Waals surface area contributed by atoms with Crippen LogP contribution in [0.1, 0.15) is 39.5 Å². The van der Waals surface area contributed by atoms with Gasteiger partial charge in [0.25, 0.3) is 0 Å². The summed E-state index contributed by atoms with van der Waals surface area (Å²) in [4.78, 5) is 21.6. The second-order valence-electron chi connectivity index (χ2n) is 6.48. The molecule has 0 aliphatic heterocycles. The predicted octanol–water partition coefficient (Wildman–Crippen LogP) is 5.56. The van der Waals surface area contributed by atoms with Gasteiger partial charge in [-0.15, -0.1) is 0 Å². The zero-order valence-electron chi connectivity index (χ0n) is 17.2. The highest BCUT2D eigenvalue weighted by molar-refractivity contribution is 7.49. The fourth-order valence-electron chi connectivity index (χ4n) is 2.39. The third kappa shape index (κ3) is 12.8. The number of rotatable bonds is 11. The van der Waals surface area contributed by atoms with Gasteiger partial charge in [-0.3, -0.25) is 4.52 Å². The molecule has 8 nitrogen and oxygen atoms in total. The van der Waals surface area contributed by atoms with Crippen molar-refractivity contribution < 1.29 is 37.4 Å². The second kappa shape index (κ2) is 13.6. The van der Waals surface area contributed by atoms with E-state index in [2.05, 4.69) is 13.8 Å². The molecule has 0 bridgehead atoms. The minimum atomic E-state index is -4.64. The molecule has 0 aromatic heterocycles. The summed E-state index contributed by atoms with van der Waals surface area (Å²) in [7, 11) is -8.40. The zero-order valence-corrected chi connectivity index (χ0v) is 19.0. The molecule has 0 saturated carbocycles. The van der Waals surface area contributed by atoms with Crippen LogP contribution < -0.4 is 9.05 Å². The number of para-hydroxylation sites is 2. The number of unbranched alkanes of at least 4 members (excludes halogenated alkanes) is 1. The van der Waals surface area contributed by atoms with E-state index in [1.165, 1.54) is 0 Å². The van der Waals surface area contributed by atoms with Gasteiger partial charge in [0.05, 0.1) is 6.61 Å². The number of benzene rings is 2. The van der Waals surface area contributed by atoms with Gasteiger partial charge < -0.3 is 23.7 Å². The van der Waals surface area contributed by atoms with Crippen LogP contribution in [0.15, 0.2) is 60.7 Å². The summed E-state index contributed by atoms with van der Waals surface area (Å²) >= 11 is 0. The Morgan fingerprint density at radius 2 is 1.27 bits per heavy atom. The first-order valence-electron chi connectivity index (χ1n) is 9.67. The van der Waals surface area contributed by atoms with Gasteiger partial charge in [0.15, 0.2) is 0 Å². The second-order valence-corrected chi connectivity index (χ2v) is 9.03. The van der Waals surface area contributed by atoms with Gasteiger partial charge in [0, 0.05) is 0 Å². The van der Waals surface area contributed by atoms with Crippen molar-refractivity contribution in [2.45, 2.75) is 39.5 Å². The summed E-state index contributed by atoms with van der Waals surface area (Å²) in [6, 6.07) is 17.9. The van der Waals surface area contributed by atoms with Crippen LogP contribution in [0.3, 0.4) is 0 Å². The molecule has 2 aromatic rings. The van der Waals surface area contributed by atoms with Crippen LogP contribution in [-0.4, -0.2) is 21.3 Å². The van der Waals surface area contributed by atoms with Crippen molar-refractivity contribution in [1.82, 2.24) is 0 Å². The van der Waals surface area contributed by atoms with E-state index < -0.39 is 15.6 Å². The molecule has 0 radical (unpaired) electrons. The maximum Gasteiger partial charge on any atom is 0.587 e. The molecule has 0 spiro atoms. The molecule has 2 rings (SSSR count). The van der Waals surface area contributed by atoms with Gasteiger partial charge in [0.2, 0.25) is 0 Å². The SMILES string of the molecule is CCCCC(CC)COP(=O)(Oc1ccccc1)Oc1ccccc1.O=P(O)(O)O. The molecule has 1 atom stereocenters. The van der Waals surface area contributed by atoms with Crippen molar-refractivity contribution in [2.75, 3.05) is 6.61 Å². The Morgan fingerprint density at radius 1 is 0.833 bits per heavy atom. The monoisotopic (exact) mass is 460 g/mol. The average molecular weight is 460 g/mol. The largest absolute Gasteiger partial charge is 0.587 e. The lowest BCUT2D eigenvalue weighted by Crippen LogP contribution is -2.12. The van der Waals surface area contributed by atoms with Crippen LogP contribution in [0.5, 0.6) is 11.5 Å². The third-order valence-electron chi connectivity index (χ3n) is 3.93. The van der Waals surface area contributed by atoms with Crippen LogP contribution in [0.2, 0.25) is 0 Å². The number of phosphoric acid groups is 2. The fraction of sp³-hybridized carbons (Fsp3) is 0.400. The van der Waals surface area contributed by atoms with E-state index in [4.69, 9.17) is 32.8 Å². The standard InChI is InChI=1S/C20H27O4P.H3O4P/c1-3-5-12-18(4-2)17-22-25(21,23-19-13-8-6-9-14-19)24-20-15-10-7-11-16-20;1-5(2,3)4/h6-11,13-16,18H,3-5,12,17H2,1-2H3;(H3,1,2,3,4). The van der Waals surface area contributed by atoms with E-state index in [0.29, 0.717) is 24.0 Å². The van der Waals surface area contributed by atoms with Gasteiger partial charge in [-0.25, -0.2) is 9.13 Å². The lowest BCUT2D eigenvalue weighted by molar-refractivity contribution is 0.170. The number of phosphoric ester groups is 1. The minimum Gasteiger partial charge on any atom is -0.395 e. The van der Waals surface area contributed by atoms with Crippen molar-refractivity contribution in [3.8, 4) is 11.5 Å². The fourth-order valence-corrected chi connectivity index (χ4v) is 3.68. The average Bonchev–Trinajstić information content (AvgIpc) is 2.68. The zero-order chi connectivity index (χ0) is 22.5. The Labute approximate surface area is 177 Å². The maximum atomic E-state index is 13.2. The molecule has 0 fully saturated rings. The third-order valence-corrected chi connectivity index (χ3v) is 5.27. The molecule has 0 saturated heterocycles. The quantitative estimate of drug-likeness (QED) is 0.373. The Morgan fingerprint density at radius 3 is 1.63 bits per heavy atom. The van der Waals surface area contributed by atoms with Crippen molar-refractivity contribution in [2.24, 2.45) is 5.92 Å². The van der Waals surface area contributed by atoms with E-state index in [-0.39, 0.29) is 0 Å². The van der Waals surface area contributed by atoms with E-state index in [0.717, 1.165) is 25.7 Å². The van der Waals surface area contributed by atoms with Crippen LogP contribution in [0.25, 0.3) is 0 Å². The smallest absolute Gasteiger partial charge is 0.395 e. The Kier molecular flexibility index (Phi) is 12.0. The van der Waals surface area contributed by atoms with E-state index in [1.807, 2.05) is 36.4 Å². The maximum absolute atomic E-state index is 13.2. The number of hydrogen-bond donors (Lipinski definition) is 3. The molecule has 3 N–H and O–H groups in total. The summed E-state index contributed by atoms with van der Waals surface area (Å²) in [6.45, 7) is 4.63. The Balaban J connectivity index is 0.000000804. The van der Waals surface area contributed by atoms with Crippen LogP contribution >= 0.6 is 15.6 Å². The summed E-state index contributed by atoms with van der Waals surface area (Å²) in [5.41, 5.74) is 0. The first kappa shape index (κ1) is 26.4. The Bertz CT molecular complexity index is 741. The van der Waals surface area contributed by atoms with Gasteiger partial charge >= 0.3 is 15.6 Å². The molecular formula is C20H30O8P2. The predicted molar refractivity (Wildman–Crippen MR) is 115 cm³/mol. The molecule has 2 aromatic carbocycles. The Hall–Kier alpha value is -1.66. The normalized spacial score (nSPS) is 12.4. The first-order valence-corrected chi connectivity index (χ1v) is 12.7. The molecule has 0 heterocycles.